The molecule has 0 bridgehead atoms. The topological polar surface area (TPSA) is 47.6 Å². The monoisotopic (exact) mass is 185 g/mol. The van der Waals surface area contributed by atoms with Crippen LogP contribution in [0.3, 0.4) is 0 Å². The molecule has 2 aliphatic rings. The lowest BCUT2D eigenvalue weighted by molar-refractivity contribution is 0.0428. The zero-order valence-corrected chi connectivity index (χ0v) is 7.84. The number of rotatable bonds is 1. The van der Waals surface area contributed by atoms with E-state index in [1.54, 1.807) is 7.11 Å². The first-order chi connectivity index (χ1) is 6.24. The first kappa shape index (κ1) is 8.81. The van der Waals surface area contributed by atoms with Gasteiger partial charge in [0.1, 0.15) is 6.61 Å². The third-order valence-electron chi connectivity index (χ3n) is 3.07. The van der Waals surface area contributed by atoms with Gasteiger partial charge < -0.3 is 14.8 Å². The number of ether oxygens (including phenoxy) is 2. The van der Waals surface area contributed by atoms with Crippen molar-refractivity contribution >= 4 is 6.09 Å². The Morgan fingerprint density at radius 2 is 2.23 bits per heavy atom. The van der Waals surface area contributed by atoms with E-state index in [1.165, 1.54) is 0 Å². The van der Waals surface area contributed by atoms with Crippen LogP contribution in [0.1, 0.15) is 25.7 Å². The summed E-state index contributed by atoms with van der Waals surface area (Å²) in [6, 6.07) is 0. The second-order valence-corrected chi connectivity index (χ2v) is 3.92. The van der Waals surface area contributed by atoms with Gasteiger partial charge in [0.25, 0.3) is 0 Å². The van der Waals surface area contributed by atoms with Crippen LogP contribution in [0, 0.1) is 0 Å². The number of carbonyl (C=O) groups excluding carboxylic acids is 1. The molecule has 1 saturated heterocycles. The minimum Gasteiger partial charge on any atom is -0.447 e. The zero-order valence-electron chi connectivity index (χ0n) is 7.84. The molecule has 0 aromatic rings. The summed E-state index contributed by atoms with van der Waals surface area (Å²) in [5.41, 5.74) is -0.0773. The van der Waals surface area contributed by atoms with Crippen LogP contribution in [0.2, 0.25) is 0 Å². The largest absolute Gasteiger partial charge is 0.447 e. The third-order valence-corrected chi connectivity index (χ3v) is 3.07. The number of carbonyl (C=O) groups is 1. The van der Waals surface area contributed by atoms with Crippen molar-refractivity contribution in [1.29, 1.82) is 0 Å². The molecule has 2 fully saturated rings. The molecule has 0 radical (unpaired) electrons. The molecule has 1 N–H and O–H groups in total. The fourth-order valence-corrected chi connectivity index (χ4v) is 2.14. The van der Waals surface area contributed by atoms with E-state index in [-0.39, 0.29) is 11.6 Å². The Morgan fingerprint density at radius 3 is 2.69 bits per heavy atom. The smallest absolute Gasteiger partial charge is 0.407 e. The van der Waals surface area contributed by atoms with Gasteiger partial charge >= 0.3 is 6.09 Å². The first-order valence-corrected chi connectivity index (χ1v) is 4.72. The Labute approximate surface area is 77.6 Å². The predicted molar refractivity (Wildman–Crippen MR) is 46.5 cm³/mol. The van der Waals surface area contributed by atoms with Crippen LogP contribution in [0.15, 0.2) is 0 Å². The molecule has 13 heavy (non-hydrogen) atoms. The molecule has 0 unspecified atom stereocenters. The molecule has 0 aromatic carbocycles. The van der Waals surface area contributed by atoms with Crippen LogP contribution in [0.25, 0.3) is 0 Å². The maximum Gasteiger partial charge on any atom is 0.407 e. The number of methoxy groups -OCH3 is 1. The lowest BCUT2D eigenvalue weighted by Crippen LogP contribution is -2.47. The normalized spacial score (nSPS) is 38.8. The molecule has 0 atom stereocenters. The fraction of sp³-hybridized carbons (Fsp3) is 0.889. The van der Waals surface area contributed by atoms with E-state index in [0.29, 0.717) is 12.7 Å². The van der Waals surface area contributed by atoms with Gasteiger partial charge in [-0.1, -0.05) is 0 Å². The summed E-state index contributed by atoms with van der Waals surface area (Å²) >= 11 is 0. The molecule has 0 aromatic heterocycles. The summed E-state index contributed by atoms with van der Waals surface area (Å²) < 4.78 is 10.2. The lowest BCUT2D eigenvalue weighted by Gasteiger charge is -2.34. The van der Waals surface area contributed by atoms with Crippen molar-refractivity contribution < 1.29 is 14.3 Å². The van der Waals surface area contributed by atoms with Crippen molar-refractivity contribution in [1.82, 2.24) is 5.32 Å². The summed E-state index contributed by atoms with van der Waals surface area (Å²) in [5.74, 6) is 0. The van der Waals surface area contributed by atoms with Crippen LogP contribution < -0.4 is 5.32 Å². The molecule has 1 saturated carbocycles. The highest BCUT2D eigenvalue weighted by atomic mass is 16.6. The van der Waals surface area contributed by atoms with Gasteiger partial charge in [0.2, 0.25) is 0 Å². The van der Waals surface area contributed by atoms with Gasteiger partial charge in [-0.05, 0) is 25.7 Å². The Morgan fingerprint density at radius 1 is 1.54 bits per heavy atom. The maximum atomic E-state index is 10.9. The molecule has 1 aliphatic carbocycles. The number of cyclic esters (lactones) is 1. The van der Waals surface area contributed by atoms with Crippen LogP contribution in [-0.4, -0.2) is 31.5 Å². The minimum absolute atomic E-state index is 0.0773. The Hall–Kier alpha value is -0.770. The molecule has 1 spiro atoms. The van der Waals surface area contributed by atoms with Gasteiger partial charge in [-0.25, -0.2) is 4.79 Å². The quantitative estimate of drug-likeness (QED) is 0.664. The van der Waals surface area contributed by atoms with Gasteiger partial charge in [-0.3, -0.25) is 0 Å². The van der Waals surface area contributed by atoms with Gasteiger partial charge in [0.15, 0.2) is 0 Å². The van der Waals surface area contributed by atoms with Gasteiger partial charge in [0.05, 0.1) is 11.6 Å². The van der Waals surface area contributed by atoms with Gasteiger partial charge in [-0.2, -0.15) is 0 Å². The van der Waals surface area contributed by atoms with Crippen LogP contribution in [0.4, 0.5) is 4.79 Å². The van der Waals surface area contributed by atoms with Crippen molar-refractivity contribution in [3.8, 4) is 0 Å². The van der Waals surface area contributed by atoms with Crippen molar-refractivity contribution in [2.75, 3.05) is 13.7 Å². The highest BCUT2D eigenvalue weighted by Crippen LogP contribution is 2.32. The Kier molecular flexibility index (Phi) is 2.15. The van der Waals surface area contributed by atoms with E-state index in [2.05, 4.69) is 5.32 Å². The standard InChI is InChI=1S/C9H15NO3/c1-12-7-2-4-9(5-3-7)6-13-8(11)10-9/h7H,2-6H2,1H3,(H,10,11). The van der Waals surface area contributed by atoms with Crippen molar-refractivity contribution in [2.45, 2.75) is 37.3 Å². The lowest BCUT2D eigenvalue weighted by atomic mass is 9.81. The summed E-state index contributed by atoms with van der Waals surface area (Å²) in [5, 5.41) is 2.90. The van der Waals surface area contributed by atoms with Crippen molar-refractivity contribution in [3.63, 3.8) is 0 Å². The summed E-state index contributed by atoms with van der Waals surface area (Å²) in [6.07, 6.45) is 4.06. The van der Waals surface area contributed by atoms with Crippen molar-refractivity contribution in [2.24, 2.45) is 0 Å². The second-order valence-electron chi connectivity index (χ2n) is 3.92. The van der Waals surface area contributed by atoms with Crippen molar-refractivity contribution in [3.05, 3.63) is 0 Å². The van der Waals surface area contributed by atoms with Gasteiger partial charge in [0, 0.05) is 7.11 Å². The highest BCUT2D eigenvalue weighted by Gasteiger charge is 2.42. The molecular formula is C9H15NO3. The molecule has 4 heteroatoms. The highest BCUT2D eigenvalue weighted by molar-refractivity contribution is 5.70. The molecule has 1 heterocycles. The third kappa shape index (κ3) is 1.63. The molecule has 1 aliphatic heterocycles. The number of nitrogens with one attached hydrogen (secondary N) is 1. The maximum absolute atomic E-state index is 10.9. The summed E-state index contributed by atoms with van der Waals surface area (Å²) in [7, 11) is 1.74. The van der Waals surface area contributed by atoms with E-state index in [0.717, 1.165) is 25.7 Å². The minimum atomic E-state index is -0.268. The summed E-state index contributed by atoms with van der Waals surface area (Å²) in [6.45, 7) is 0.530. The van der Waals surface area contributed by atoms with Crippen LogP contribution in [-0.2, 0) is 9.47 Å². The van der Waals surface area contributed by atoms with E-state index < -0.39 is 0 Å². The Bertz CT molecular complexity index is 209. The molecule has 74 valence electrons. The number of alkyl carbamates (subject to hydrolysis) is 1. The van der Waals surface area contributed by atoms with E-state index >= 15 is 0 Å². The fourth-order valence-electron chi connectivity index (χ4n) is 2.14. The predicted octanol–water partition coefficient (Wildman–Crippen LogP) is 1.05. The average molecular weight is 185 g/mol. The number of hydrogen-bond donors (Lipinski definition) is 1. The Balaban J connectivity index is 1.93. The molecule has 1 amide bonds. The van der Waals surface area contributed by atoms with Gasteiger partial charge in [-0.15, -0.1) is 0 Å². The first-order valence-electron chi connectivity index (χ1n) is 4.72. The molecule has 2 rings (SSSR count). The average Bonchev–Trinajstić information content (AvgIpc) is 2.49. The number of amides is 1. The van der Waals surface area contributed by atoms with Crippen LogP contribution in [0.5, 0.6) is 0 Å². The molecular weight excluding hydrogens is 170 g/mol. The van der Waals surface area contributed by atoms with E-state index in [4.69, 9.17) is 9.47 Å². The van der Waals surface area contributed by atoms with Crippen LogP contribution >= 0.6 is 0 Å². The zero-order chi connectivity index (χ0) is 9.31. The van der Waals surface area contributed by atoms with E-state index in [1.807, 2.05) is 0 Å². The molecule has 4 nitrogen and oxygen atoms in total. The SMILES string of the molecule is COC1CCC2(CC1)COC(=O)N2. The van der Waals surface area contributed by atoms with E-state index in [9.17, 15) is 4.79 Å². The second kappa shape index (κ2) is 3.18. The summed E-state index contributed by atoms with van der Waals surface area (Å²) in [4.78, 5) is 10.9. The number of hydrogen-bond acceptors (Lipinski definition) is 3.